The molecule has 4 rings (SSSR count). The number of nitrogens with two attached hydrogens (primary N) is 1. The van der Waals surface area contributed by atoms with Gasteiger partial charge in [0.15, 0.2) is 11.6 Å². The second-order valence-electron chi connectivity index (χ2n) is 6.33. The average molecular weight is 327 g/mol. The molecule has 1 aliphatic carbocycles. The van der Waals surface area contributed by atoms with Crippen LogP contribution in [0.15, 0.2) is 24.8 Å². The van der Waals surface area contributed by atoms with Crippen LogP contribution in [0.25, 0.3) is 5.82 Å². The summed E-state index contributed by atoms with van der Waals surface area (Å²) in [5, 5.41) is 4.19. The summed E-state index contributed by atoms with van der Waals surface area (Å²) < 4.78 is 1.64. The molecule has 0 bridgehead atoms. The third-order valence-electron chi connectivity index (χ3n) is 4.60. The molecule has 126 valence electrons. The molecular weight excluding hydrogens is 306 g/mol. The molecule has 2 aromatic heterocycles. The highest BCUT2D eigenvalue weighted by molar-refractivity contribution is 5.81. The predicted octanol–water partition coefficient (Wildman–Crippen LogP) is 0.693. The highest BCUT2D eigenvalue weighted by atomic mass is 16.2. The second-order valence-corrected chi connectivity index (χ2v) is 6.33. The molecule has 1 saturated heterocycles. The van der Waals surface area contributed by atoms with Crippen LogP contribution in [0.5, 0.6) is 0 Å². The average Bonchev–Trinajstić information content (AvgIpc) is 3.36. The molecule has 3 heterocycles. The lowest BCUT2D eigenvalue weighted by atomic mass is 10.3. The topological polar surface area (TPSA) is 93.2 Å². The lowest BCUT2D eigenvalue weighted by molar-refractivity contribution is -0.132. The van der Waals surface area contributed by atoms with Gasteiger partial charge in [0.2, 0.25) is 5.91 Å². The minimum atomic E-state index is 0.270. The Morgan fingerprint density at radius 1 is 1.12 bits per heavy atom. The normalized spacial score (nSPS) is 18.5. The van der Waals surface area contributed by atoms with E-state index < -0.39 is 0 Å². The van der Waals surface area contributed by atoms with Gasteiger partial charge >= 0.3 is 0 Å². The van der Waals surface area contributed by atoms with E-state index >= 15 is 0 Å². The van der Waals surface area contributed by atoms with Crippen LogP contribution in [-0.4, -0.2) is 56.7 Å². The van der Waals surface area contributed by atoms with Crippen molar-refractivity contribution in [2.24, 2.45) is 5.92 Å². The summed E-state index contributed by atoms with van der Waals surface area (Å²) in [6, 6.07) is 1.83. The Balaban J connectivity index is 1.53. The van der Waals surface area contributed by atoms with E-state index in [0.29, 0.717) is 17.4 Å². The summed E-state index contributed by atoms with van der Waals surface area (Å²) in [6.07, 6.45) is 8.02. The molecule has 2 fully saturated rings. The van der Waals surface area contributed by atoms with Gasteiger partial charge < -0.3 is 15.5 Å². The first-order valence-electron chi connectivity index (χ1n) is 8.38. The molecule has 0 atom stereocenters. The van der Waals surface area contributed by atoms with Crippen LogP contribution in [0.2, 0.25) is 0 Å². The Hall–Kier alpha value is -2.64. The standard InChI is InChI=1S/C16H21N7O/c17-13-14(18-11-19-15(13)23-8-1-5-20-23)21-6-2-7-22(10-9-21)16(24)12-3-4-12/h1,5,8,11-12H,2-4,6-7,9-10,17H2. The molecular formula is C16H21N7O. The number of hydrogen-bond acceptors (Lipinski definition) is 6. The van der Waals surface area contributed by atoms with Gasteiger partial charge in [-0.15, -0.1) is 0 Å². The molecule has 2 aliphatic rings. The minimum Gasteiger partial charge on any atom is -0.393 e. The summed E-state index contributed by atoms with van der Waals surface area (Å²) in [4.78, 5) is 25.0. The van der Waals surface area contributed by atoms with E-state index in [0.717, 1.165) is 51.3 Å². The van der Waals surface area contributed by atoms with E-state index in [2.05, 4.69) is 20.0 Å². The molecule has 0 unspecified atom stereocenters. The number of carbonyl (C=O) groups is 1. The van der Waals surface area contributed by atoms with Crippen LogP contribution >= 0.6 is 0 Å². The largest absolute Gasteiger partial charge is 0.393 e. The number of hydrogen-bond donors (Lipinski definition) is 1. The summed E-state index contributed by atoms with van der Waals surface area (Å²) in [6.45, 7) is 3.09. The van der Waals surface area contributed by atoms with Crippen molar-refractivity contribution < 1.29 is 4.79 Å². The molecule has 1 aliphatic heterocycles. The van der Waals surface area contributed by atoms with Crippen molar-refractivity contribution >= 4 is 17.4 Å². The van der Waals surface area contributed by atoms with E-state index in [9.17, 15) is 4.79 Å². The van der Waals surface area contributed by atoms with Gasteiger partial charge in [0.25, 0.3) is 0 Å². The summed E-state index contributed by atoms with van der Waals surface area (Å²) in [5.41, 5.74) is 6.82. The molecule has 1 saturated carbocycles. The Labute approximate surface area is 140 Å². The number of anilines is 2. The molecule has 0 aromatic carbocycles. The van der Waals surface area contributed by atoms with Crippen LogP contribution in [-0.2, 0) is 4.79 Å². The van der Waals surface area contributed by atoms with Crippen LogP contribution in [0.1, 0.15) is 19.3 Å². The van der Waals surface area contributed by atoms with E-state index in [1.807, 2.05) is 11.0 Å². The van der Waals surface area contributed by atoms with Gasteiger partial charge in [0, 0.05) is 44.5 Å². The molecule has 0 radical (unpaired) electrons. The lowest BCUT2D eigenvalue weighted by Crippen LogP contribution is -2.36. The molecule has 2 aromatic rings. The molecule has 8 nitrogen and oxygen atoms in total. The van der Waals surface area contributed by atoms with Crippen molar-refractivity contribution in [3.63, 3.8) is 0 Å². The first kappa shape index (κ1) is 14.9. The zero-order valence-corrected chi connectivity index (χ0v) is 13.5. The van der Waals surface area contributed by atoms with Gasteiger partial charge in [-0.3, -0.25) is 4.79 Å². The Kier molecular flexibility index (Phi) is 3.79. The van der Waals surface area contributed by atoms with E-state index in [1.54, 1.807) is 17.1 Å². The summed E-state index contributed by atoms with van der Waals surface area (Å²) in [5.74, 6) is 1.88. The maximum atomic E-state index is 12.3. The maximum Gasteiger partial charge on any atom is 0.225 e. The zero-order chi connectivity index (χ0) is 16.5. The number of nitrogens with zero attached hydrogens (tertiary/aromatic N) is 6. The number of nitrogen functional groups attached to an aromatic ring is 1. The van der Waals surface area contributed by atoms with Gasteiger partial charge in [-0.25, -0.2) is 14.6 Å². The number of rotatable bonds is 3. The predicted molar refractivity (Wildman–Crippen MR) is 89.7 cm³/mol. The summed E-state index contributed by atoms with van der Waals surface area (Å²) >= 11 is 0. The number of carbonyl (C=O) groups excluding carboxylic acids is 1. The van der Waals surface area contributed by atoms with Crippen molar-refractivity contribution in [3.05, 3.63) is 24.8 Å². The van der Waals surface area contributed by atoms with Gasteiger partial charge in [0.1, 0.15) is 12.0 Å². The van der Waals surface area contributed by atoms with Crippen LogP contribution in [0, 0.1) is 5.92 Å². The number of amides is 1. The fourth-order valence-electron chi connectivity index (χ4n) is 3.14. The van der Waals surface area contributed by atoms with Crippen LogP contribution in [0.4, 0.5) is 11.5 Å². The highest BCUT2D eigenvalue weighted by Crippen LogP contribution is 2.32. The van der Waals surface area contributed by atoms with Gasteiger partial charge in [-0.2, -0.15) is 5.10 Å². The lowest BCUT2D eigenvalue weighted by Gasteiger charge is -2.24. The first-order valence-corrected chi connectivity index (χ1v) is 8.38. The second kappa shape index (κ2) is 6.10. The van der Waals surface area contributed by atoms with E-state index in [1.165, 1.54) is 6.33 Å². The molecule has 8 heteroatoms. The Morgan fingerprint density at radius 2 is 1.96 bits per heavy atom. The van der Waals surface area contributed by atoms with Gasteiger partial charge in [-0.05, 0) is 25.3 Å². The van der Waals surface area contributed by atoms with Gasteiger partial charge in [0.05, 0.1) is 0 Å². The molecule has 0 spiro atoms. The smallest absolute Gasteiger partial charge is 0.225 e. The van der Waals surface area contributed by atoms with Crippen molar-refractivity contribution in [1.82, 2.24) is 24.6 Å². The first-order chi connectivity index (χ1) is 11.7. The van der Waals surface area contributed by atoms with Crippen molar-refractivity contribution in [2.45, 2.75) is 19.3 Å². The zero-order valence-electron chi connectivity index (χ0n) is 13.5. The fraction of sp³-hybridized carbons (Fsp3) is 0.500. The van der Waals surface area contributed by atoms with Gasteiger partial charge in [-0.1, -0.05) is 0 Å². The van der Waals surface area contributed by atoms with Crippen molar-refractivity contribution in [2.75, 3.05) is 36.8 Å². The van der Waals surface area contributed by atoms with Crippen LogP contribution in [0.3, 0.4) is 0 Å². The van der Waals surface area contributed by atoms with Crippen LogP contribution < -0.4 is 10.6 Å². The third-order valence-corrected chi connectivity index (χ3v) is 4.60. The fourth-order valence-corrected chi connectivity index (χ4v) is 3.14. The minimum absolute atomic E-state index is 0.270. The third kappa shape index (κ3) is 2.79. The Morgan fingerprint density at radius 3 is 2.71 bits per heavy atom. The van der Waals surface area contributed by atoms with Crippen molar-refractivity contribution in [1.29, 1.82) is 0 Å². The maximum absolute atomic E-state index is 12.3. The SMILES string of the molecule is Nc1c(N2CCCN(C(=O)C3CC3)CC2)ncnc1-n1cccn1. The van der Waals surface area contributed by atoms with Crippen molar-refractivity contribution in [3.8, 4) is 5.82 Å². The van der Waals surface area contributed by atoms with E-state index in [-0.39, 0.29) is 5.92 Å². The molecule has 1 amide bonds. The molecule has 2 N–H and O–H groups in total. The highest BCUT2D eigenvalue weighted by Gasteiger charge is 2.34. The number of aromatic nitrogens is 4. The molecule has 24 heavy (non-hydrogen) atoms. The van der Waals surface area contributed by atoms with E-state index in [4.69, 9.17) is 5.73 Å². The monoisotopic (exact) mass is 327 g/mol. The summed E-state index contributed by atoms with van der Waals surface area (Å²) in [7, 11) is 0. The quantitative estimate of drug-likeness (QED) is 0.892. The Bertz CT molecular complexity index is 726.